The number of hydrogen-bond donors (Lipinski definition) is 1. The Bertz CT molecular complexity index is 1070. The molecule has 1 N–H and O–H groups in total. The number of aromatic hydroxyl groups is 1. The van der Waals surface area contributed by atoms with E-state index >= 15 is 0 Å². The molecule has 3 rings (SSSR count). The highest BCUT2D eigenvalue weighted by Crippen LogP contribution is 2.38. The standard InChI is InChI=1S/C31H37O2P/c1-5-10-24-14-16-30(32)28(19-24)29-20-25(11-6-2)15-17-31(29)33-21-26(18-23(3)4)22-34-27-12-8-7-9-13-27/h5-9,12-17,19-20,23,26,32,34H,1-2,10-11,18,21-22H2,3-4H3. The van der Waals surface area contributed by atoms with E-state index in [0.29, 0.717) is 18.4 Å². The smallest absolute Gasteiger partial charge is 0.127 e. The van der Waals surface area contributed by atoms with Gasteiger partial charge in [0.1, 0.15) is 11.5 Å². The third kappa shape index (κ3) is 7.61. The van der Waals surface area contributed by atoms with Gasteiger partial charge in [0.05, 0.1) is 6.61 Å². The van der Waals surface area contributed by atoms with Crippen molar-refractivity contribution in [1.82, 2.24) is 0 Å². The summed E-state index contributed by atoms with van der Waals surface area (Å²) in [6.07, 6.45) is 7.56. The third-order valence-corrected chi connectivity index (χ3v) is 7.33. The molecule has 2 nitrogen and oxygen atoms in total. The molecule has 0 saturated heterocycles. The molecule has 34 heavy (non-hydrogen) atoms. The summed E-state index contributed by atoms with van der Waals surface area (Å²) in [5.41, 5.74) is 3.99. The highest BCUT2D eigenvalue weighted by Gasteiger charge is 2.16. The van der Waals surface area contributed by atoms with Crippen LogP contribution in [-0.2, 0) is 12.8 Å². The molecule has 178 valence electrons. The molecule has 0 aliphatic heterocycles. The molecule has 0 amide bonds. The lowest BCUT2D eigenvalue weighted by molar-refractivity contribution is 0.242. The minimum absolute atomic E-state index is 0.262. The summed E-state index contributed by atoms with van der Waals surface area (Å²) >= 11 is 0. The fourth-order valence-corrected chi connectivity index (χ4v) is 5.44. The first kappa shape index (κ1) is 25.8. The molecule has 0 saturated carbocycles. The summed E-state index contributed by atoms with van der Waals surface area (Å²) in [6.45, 7) is 12.9. The van der Waals surface area contributed by atoms with E-state index in [1.807, 2.05) is 30.4 Å². The fourth-order valence-electron chi connectivity index (χ4n) is 4.20. The Kier molecular flexibility index (Phi) is 9.98. The minimum atomic E-state index is 0.262. The van der Waals surface area contributed by atoms with E-state index in [0.717, 1.165) is 62.0 Å². The lowest BCUT2D eigenvalue weighted by atomic mass is 9.97. The van der Waals surface area contributed by atoms with Crippen LogP contribution in [0.5, 0.6) is 11.5 Å². The molecule has 0 radical (unpaired) electrons. The zero-order chi connectivity index (χ0) is 24.3. The maximum absolute atomic E-state index is 10.7. The number of hydrogen-bond acceptors (Lipinski definition) is 2. The number of phenolic OH excluding ortho intramolecular Hbond substituents is 1. The van der Waals surface area contributed by atoms with Gasteiger partial charge >= 0.3 is 0 Å². The summed E-state index contributed by atoms with van der Waals surface area (Å²) in [7, 11) is 0.775. The van der Waals surface area contributed by atoms with Gasteiger partial charge in [0.2, 0.25) is 0 Å². The van der Waals surface area contributed by atoms with E-state index in [1.165, 1.54) is 5.30 Å². The topological polar surface area (TPSA) is 29.5 Å². The van der Waals surface area contributed by atoms with Gasteiger partial charge < -0.3 is 9.84 Å². The maximum Gasteiger partial charge on any atom is 0.127 e. The van der Waals surface area contributed by atoms with Crippen molar-refractivity contribution >= 4 is 13.9 Å². The van der Waals surface area contributed by atoms with Crippen LogP contribution in [0.2, 0.25) is 0 Å². The van der Waals surface area contributed by atoms with Crippen LogP contribution in [0.15, 0.2) is 92.0 Å². The van der Waals surface area contributed by atoms with Crippen molar-refractivity contribution in [3.8, 4) is 22.6 Å². The first-order valence-corrected chi connectivity index (χ1v) is 13.3. The molecular weight excluding hydrogens is 435 g/mol. The van der Waals surface area contributed by atoms with Crippen molar-refractivity contribution in [3.05, 3.63) is 103 Å². The monoisotopic (exact) mass is 472 g/mol. The van der Waals surface area contributed by atoms with Gasteiger partial charge in [-0.05, 0) is 78.0 Å². The highest BCUT2D eigenvalue weighted by atomic mass is 31.1. The quantitative estimate of drug-likeness (QED) is 0.205. The molecular formula is C31H37O2P. The second-order valence-corrected chi connectivity index (χ2v) is 10.6. The Morgan fingerprint density at radius 2 is 1.53 bits per heavy atom. The van der Waals surface area contributed by atoms with Crippen molar-refractivity contribution in [3.63, 3.8) is 0 Å². The average Bonchev–Trinajstić information content (AvgIpc) is 2.83. The van der Waals surface area contributed by atoms with E-state index in [-0.39, 0.29) is 5.75 Å². The van der Waals surface area contributed by atoms with Gasteiger partial charge in [-0.3, -0.25) is 0 Å². The van der Waals surface area contributed by atoms with Crippen LogP contribution < -0.4 is 10.0 Å². The zero-order valence-corrected chi connectivity index (χ0v) is 21.5. The van der Waals surface area contributed by atoms with E-state index in [9.17, 15) is 5.11 Å². The van der Waals surface area contributed by atoms with Crippen molar-refractivity contribution in [2.75, 3.05) is 12.8 Å². The molecule has 0 heterocycles. The van der Waals surface area contributed by atoms with Crippen LogP contribution in [0, 0.1) is 11.8 Å². The molecule has 0 aromatic heterocycles. The Morgan fingerprint density at radius 1 is 0.882 bits per heavy atom. The van der Waals surface area contributed by atoms with Crippen molar-refractivity contribution < 1.29 is 9.84 Å². The lowest BCUT2D eigenvalue weighted by Crippen LogP contribution is -2.18. The van der Waals surface area contributed by atoms with E-state index < -0.39 is 0 Å². The normalized spacial score (nSPS) is 12.2. The summed E-state index contributed by atoms with van der Waals surface area (Å²) in [5, 5.41) is 12.1. The number of phenols is 1. The first-order valence-electron chi connectivity index (χ1n) is 12.1. The summed E-state index contributed by atoms with van der Waals surface area (Å²) in [5.74, 6) is 2.16. The Hall–Kier alpha value is -2.83. The second-order valence-electron chi connectivity index (χ2n) is 9.22. The zero-order valence-electron chi connectivity index (χ0n) is 20.5. The second kappa shape index (κ2) is 13.2. The minimum Gasteiger partial charge on any atom is -0.507 e. The van der Waals surface area contributed by atoms with Crippen LogP contribution in [0.25, 0.3) is 11.1 Å². The average molecular weight is 473 g/mol. The molecule has 0 bridgehead atoms. The molecule has 0 fully saturated rings. The predicted octanol–water partition coefficient (Wildman–Crippen LogP) is 7.56. The number of benzene rings is 3. The number of ether oxygens (including phenoxy) is 1. The summed E-state index contributed by atoms with van der Waals surface area (Å²) < 4.78 is 6.48. The molecule has 3 aromatic rings. The van der Waals surface area contributed by atoms with Crippen molar-refractivity contribution in [2.24, 2.45) is 11.8 Å². The van der Waals surface area contributed by atoms with Crippen LogP contribution in [0.1, 0.15) is 31.4 Å². The van der Waals surface area contributed by atoms with Crippen LogP contribution >= 0.6 is 8.58 Å². The lowest BCUT2D eigenvalue weighted by Gasteiger charge is -2.21. The number of allylic oxidation sites excluding steroid dienone is 2. The van der Waals surface area contributed by atoms with Gasteiger partial charge in [-0.25, -0.2) is 0 Å². The highest BCUT2D eigenvalue weighted by molar-refractivity contribution is 7.47. The first-order chi connectivity index (χ1) is 16.5. The SMILES string of the molecule is C=CCc1ccc(O)c(-c2cc(CC=C)ccc2OCC(CPc2ccccc2)CC(C)C)c1. The van der Waals surface area contributed by atoms with Crippen molar-refractivity contribution in [1.29, 1.82) is 0 Å². The van der Waals surface area contributed by atoms with Crippen molar-refractivity contribution in [2.45, 2.75) is 33.1 Å². The maximum atomic E-state index is 10.7. The molecule has 0 spiro atoms. The van der Waals surface area contributed by atoms with Crippen LogP contribution in [-0.4, -0.2) is 17.9 Å². The van der Waals surface area contributed by atoms with E-state index in [1.54, 1.807) is 6.07 Å². The Morgan fingerprint density at radius 3 is 2.18 bits per heavy atom. The van der Waals surface area contributed by atoms with E-state index in [4.69, 9.17) is 4.74 Å². The molecule has 3 heteroatoms. The molecule has 2 unspecified atom stereocenters. The predicted molar refractivity (Wildman–Crippen MR) is 149 cm³/mol. The largest absolute Gasteiger partial charge is 0.507 e. The van der Waals surface area contributed by atoms with Crippen LogP contribution in [0.3, 0.4) is 0 Å². The molecule has 0 aliphatic carbocycles. The van der Waals surface area contributed by atoms with Gasteiger partial charge in [0.15, 0.2) is 0 Å². The van der Waals surface area contributed by atoms with Gasteiger partial charge in [-0.15, -0.1) is 13.2 Å². The van der Waals surface area contributed by atoms with Gasteiger partial charge in [-0.1, -0.05) is 77.0 Å². The Labute approximate surface area is 207 Å². The molecule has 0 aliphatic rings. The van der Waals surface area contributed by atoms with Gasteiger partial charge in [0.25, 0.3) is 0 Å². The molecule has 3 aromatic carbocycles. The van der Waals surface area contributed by atoms with Gasteiger partial charge in [0, 0.05) is 11.1 Å². The van der Waals surface area contributed by atoms with Crippen LogP contribution in [0.4, 0.5) is 0 Å². The number of rotatable bonds is 13. The fraction of sp³-hybridized carbons (Fsp3) is 0.290. The van der Waals surface area contributed by atoms with E-state index in [2.05, 4.69) is 69.5 Å². The Balaban J connectivity index is 1.85. The third-order valence-electron chi connectivity index (χ3n) is 5.80. The molecule has 2 atom stereocenters. The van der Waals surface area contributed by atoms with Gasteiger partial charge in [-0.2, -0.15) is 0 Å². The summed E-state index contributed by atoms with van der Waals surface area (Å²) in [6, 6.07) is 22.7. The summed E-state index contributed by atoms with van der Waals surface area (Å²) in [4.78, 5) is 0.